The topological polar surface area (TPSA) is 76.4 Å². The molecule has 1 aromatic rings. The molecule has 8 heteroatoms. The first kappa shape index (κ1) is 21.1. The van der Waals surface area contributed by atoms with E-state index in [2.05, 4.69) is 46.5 Å². The first-order valence-corrected chi connectivity index (χ1v) is 8.23. The van der Waals surface area contributed by atoms with Crippen LogP contribution in [0.1, 0.15) is 38.8 Å². The minimum Gasteiger partial charge on any atom is -0.379 e. The highest BCUT2D eigenvalue weighted by Gasteiger charge is 2.25. The van der Waals surface area contributed by atoms with Crippen LogP contribution in [0.3, 0.4) is 0 Å². The zero-order valence-corrected chi connectivity index (χ0v) is 17.9. The summed E-state index contributed by atoms with van der Waals surface area (Å²) in [4.78, 5) is 8.77. The number of methoxy groups -OCH3 is 1. The molecule has 2 unspecified atom stereocenters. The third kappa shape index (κ3) is 5.58. The Bertz CT molecular complexity index is 551. The lowest BCUT2D eigenvalue weighted by molar-refractivity contribution is 0.0205. The molecular weight excluding hydrogens is 419 g/mol. The monoisotopic (exact) mass is 450 g/mol. The van der Waals surface area contributed by atoms with Gasteiger partial charge in [0, 0.05) is 33.2 Å². The summed E-state index contributed by atoms with van der Waals surface area (Å²) in [5, 5.41) is 11.3. The number of rotatable bonds is 4. The maximum absolute atomic E-state index is 5.58. The summed E-state index contributed by atoms with van der Waals surface area (Å²) in [5.41, 5.74) is 0.0819. The molecular formula is C16H31IN6O. The van der Waals surface area contributed by atoms with Gasteiger partial charge in [0.1, 0.15) is 11.6 Å². The summed E-state index contributed by atoms with van der Waals surface area (Å²) in [5.74, 6) is 2.73. The Kier molecular flexibility index (Phi) is 7.91. The van der Waals surface area contributed by atoms with Crippen molar-refractivity contribution in [2.24, 2.45) is 10.4 Å². The van der Waals surface area contributed by atoms with Crippen molar-refractivity contribution in [1.82, 2.24) is 25.4 Å². The van der Waals surface area contributed by atoms with E-state index < -0.39 is 0 Å². The van der Waals surface area contributed by atoms with Crippen molar-refractivity contribution in [2.75, 3.05) is 20.7 Å². The van der Waals surface area contributed by atoms with E-state index in [-0.39, 0.29) is 35.5 Å². The number of fused-ring (bicyclic) bond motifs is 1. The molecule has 2 heterocycles. The predicted octanol–water partition coefficient (Wildman–Crippen LogP) is 1.75. The van der Waals surface area contributed by atoms with Gasteiger partial charge in [0.2, 0.25) is 0 Å². The van der Waals surface area contributed by atoms with E-state index in [0.29, 0.717) is 6.04 Å². The van der Waals surface area contributed by atoms with Crippen LogP contribution in [0.25, 0.3) is 0 Å². The second kappa shape index (κ2) is 8.98. The van der Waals surface area contributed by atoms with Crippen molar-refractivity contribution < 1.29 is 4.74 Å². The van der Waals surface area contributed by atoms with E-state index >= 15 is 0 Å². The predicted molar refractivity (Wildman–Crippen MR) is 107 cm³/mol. The van der Waals surface area contributed by atoms with E-state index in [9.17, 15) is 0 Å². The fourth-order valence-corrected chi connectivity index (χ4v) is 2.87. The van der Waals surface area contributed by atoms with E-state index in [1.54, 1.807) is 14.2 Å². The minimum atomic E-state index is 0. The summed E-state index contributed by atoms with van der Waals surface area (Å²) < 4.78 is 7.58. The van der Waals surface area contributed by atoms with Gasteiger partial charge in [-0.05, 0) is 18.8 Å². The molecule has 0 fully saturated rings. The molecule has 0 bridgehead atoms. The maximum atomic E-state index is 5.58. The normalized spacial score (nSPS) is 19.2. The molecule has 0 saturated heterocycles. The summed E-state index contributed by atoms with van der Waals surface area (Å²) in [6.07, 6.45) is 2.10. The molecule has 1 aliphatic rings. The number of aryl methyl sites for hydroxylation is 2. The highest BCUT2D eigenvalue weighted by atomic mass is 127. The standard InChI is InChI=1S/C16H30N6O.HI/c1-11-19-14-8-7-12(10-22(14)21-11)20-15(17-5)18-9-13(23-6)16(2,3)4;/h12-13H,7-10H2,1-6H3,(H2,17,18,20);1H. The van der Waals surface area contributed by atoms with Gasteiger partial charge in [-0.1, -0.05) is 20.8 Å². The van der Waals surface area contributed by atoms with Crippen molar-refractivity contribution >= 4 is 29.9 Å². The van der Waals surface area contributed by atoms with Gasteiger partial charge in [0.25, 0.3) is 0 Å². The van der Waals surface area contributed by atoms with Crippen molar-refractivity contribution in [3.63, 3.8) is 0 Å². The van der Waals surface area contributed by atoms with Gasteiger partial charge in [-0.15, -0.1) is 24.0 Å². The summed E-state index contributed by atoms with van der Waals surface area (Å²) in [6, 6.07) is 0.311. The fourth-order valence-electron chi connectivity index (χ4n) is 2.87. The van der Waals surface area contributed by atoms with Crippen molar-refractivity contribution in [3.05, 3.63) is 11.6 Å². The lowest BCUT2D eigenvalue weighted by atomic mass is 9.89. The van der Waals surface area contributed by atoms with Gasteiger partial charge in [-0.3, -0.25) is 4.99 Å². The van der Waals surface area contributed by atoms with E-state index in [1.807, 2.05) is 11.6 Å². The maximum Gasteiger partial charge on any atom is 0.191 e. The molecule has 24 heavy (non-hydrogen) atoms. The molecule has 0 aromatic carbocycles. The number of guanidine groups is 1. The molecule has 138 valence electrons. The average molecular weight is 450 g/mol. The van der Waals surface area contributed by atoms with E-state index in [4.69, 9.17) is 4.74 Å². The van der Waals surface area contributed by atoms with Crippen LogP contribution in [0.2, 0.25) is 0 Å². The number of halogens is 1. The number of hydrogen-bond acceptors (Lipinski definition) is 4. The zero-order chi connectivity index (χ0) is 17.0. The zero-order valence-electron chi connectivity index (χ0n) is 15.6. The molecule has 0 radical (unpaired) electrons. The van der Waals surface area contributed by atoms with Crippen LogP contribution in [-0.4, -0.2) is 53.6 Å². The van der Waals surface area contributed by atoms with Crippen LogP contribution >= 0.6 is 24.0 Å². The van der Waals surface area contributed by atoms with Gasteiger partial charge in [0.05, 0.1) is 12.6 Å². The molecule has 1 aromatic heterocycles. The second-order valence-electron chi connectivity index (χ2n) is 7.18. The minimum absolute atomic E-state index is 0. The van der Waals surface area contributed by atoms with E-state index in [1.165, 1.54) is 0 Å². The number of aromatic nitrogens is 3. The number of aliphatic imine (C=N–C) groups is 1. The molecule has 1 aliphatic heterocycles. The Morgan fingerprint density at radius 1 is 1.46 bits per heavy atom. The van der Waals surface area contributed by atoms with Crippen LogP contribution in [0.4, 0.5) is 0 Å². The molecule has 0 spiro atoms. The third-order valence-electron chi connectivity index (χ3n) is 4.23. The van der Waals surface area contributed by atoms with E-state index in [0.717, 1.165) is 43.5 Å². The van der Waals surface area contributed by atoms with Crippen LogP contribution < -0.4 is 10.6 Å². The molecule has 0 saturated carbocycles. The smallest absolute Gasteiger partial charge is 0.191 e. The average Bonchev–Trinajstić information content (AvgIpc) is 2.84. The Hall–Kier alpha value is -0.900. The van der Waals surface area contributed by atoms with Crippen LogP contribution in [0.15, 0.2) is 4.99 Å². The summed E-state index contributed by atoms with van der Waals surface area (Å²) >= 11 is 0. The first-order valence-electron chi connectivity index (χ1n) is 8.23. The van der Waals surface area contributed by atoms with Gasteiger partial charge >= 0.3 is 0 Å². The number of ether oxygens (including phenoxy) is 1. The molecule has 2 rings (SSSR count). The number of nitrogens with zero attached hydrogens (tertiary/aromatic N) is 4. The highest BCUT2D eigenvalue weighted by molar-refractivity contribution is 14.0. The summed E-state index contributed by atoms with van der Waals surface area (Å²) in [7, 11) is 3.55. The number of nitrogens with one attached hydrogen (secondary N) is 2. The lowest BCUT2D eigenvalue weighted by Gasteiger charge is -2.31. The van der Waals surface area contributed by atoms with Gasteiger partial charge in [0.15, 0.2) is 5.96 Å². The molecule has 2 atom stereocenters. The largest absolute Gasteiger partial charge is 0.379 e. The Morgan fingerprint density at radius 2 is 2.17 bits per heavy atom. The molecule has 7 nitrogen and oxygen atoms in total. The van der Waals surface area contributed by atoms with Crippen LogP contribution in [-0.2, 0) is 17.7 Å². The van der Waals surface area contributed by atoms with Gasteiger partial charge in [-0.25, -0.2) is 9.67 Å². The third-order valence-corrected chi connectivity index (χ3v) is 4.23. The van der Waals surface area contributed by atoms with Crippen molar-refractivity contribution in [1.29, 1.82) is 0 Å². The Morgan fingerprint density at radius 3 is 2.75 bits per heavy atom. The Labute approximate surface area is 162 Å². The summed E-state index contributed by atoms with van der Waals surface area (Å²) in [6.45, 7) is 10.0. The first-order chi connectivity index (χ1) is 10.8. The second-order valence-corrected chi connectivity index (χ2v) is 7.18. The van der Waals surface area contributed by atoms with Gasteiger partial charge in [-0.2, -0.15) is 5.10 Å². The van der Waals surface area contributed by atoms with Crippen molar-refractivity contribution in [3.8, 4) is 0 Å². The Balaban J connectivity index is 0.00000288. The molecule has 2 N–H and O–H groups in total. The molecule has 0 amide bonds. The van der Waals surface area contributed by atoms with Crippen LogP contribution in [0, 0.1) is 12.3 Å². The highest BCUT2D eigenvalue weighted by Crippen LogP contribution is 2.21. The van der Waals surface area contributed by atoms with Crippen LogP contribution in [0.5, 0.6) is 0 Å². The fraction of sp³-hybridized carbons (Fsp3) is 0.812. The van der Waals surface area contributed by atoms with Crippen molar-refractivity contribution in [2.45, 2.75) is 59.2 Å². The lowest BCUT2D eigenvalue weighted by Crippen LogP contribution is -2.50. The van der Waals surface area contributed by atoms with Gasteiger partial charge < -0.3 is 15.4 Å². The quantitative estimate of drug-likeness (QED) is 0.415. The SMILES string of the molecule is CN=C(NCC(OC)C(C)(C)C)NC1CCc2nc(C)nn2C1.I. The molecule has 0 aliphatic carbocycles. The number of hydrogen-bond donors (Lipinski definition) is 2.